The summed E-state index contributed by atoms with van der Waals surface area (Å²) in [6.45, 7) is 0.672. The molecular weight excluding hydrogens is 403 g/mol. The smallest absolute Gasteiger partial charge is 0.223 e. The third-order valence-corrected chi connectivity index (χ3v) is 8.02. The van der Waals surface area contributed by atoms with Gasteiger partial charge < -0.3 is 5.32 Å². The summed E-state index contributed by atoms with van der Waals surface area (Å²) in [5, 5.41) is 3.20. The molecular formula is C23H27FN2O3S. The molecule has 1 N–H and O–H groups in total. The predicted octanol–water partition coefficient (Wildman–Crippen LogP) is 3.56. The van der Waals surface area contributed by atoms with E-state index in [4.69, 9.17) is 0 Å². The molecule has 5 nitrogen and oxygen atoms in total. The highest BCUT2D eigenvalue weighted by Crippen LogP contribution is 2.30. The summed E-state index contributed by atoms with van der Waals surface area (Å²) in [6, 6.07) is 13.8. The summed E-state index contributed by atoms with van der Waals surface area (Å²) >= 11 is 0. The van der Waals surface area contributed by atoms with Gasteiger partial charge in [-0.3, -0.25) is 4.79 Å². The third kappa shape index (κ3) is 4.73. The van der Waals surface area contributed by atoms with E-state index in [1.807, 2.05) is 12.1 Å². The molecule has 1 heterocycles. The second kappa shape index (κ2) is 8.86. The normalized spacial score (nSPS) is 20.5. The Bertz CT molecular complexity index is 999. The van der Waals surface area contributed by atoms with E-state index in [1.54, 1.807) is 0 Å². The van der Waals surface area contributed by atoms with Crippen molar-refractivity contribution in [3.05, 3.63) is 71.0 Å². The van der Waals surface area contributed by atoms with Crippen LogP contribution in [0.5, 0.6) is 0 Å². The standard InChI is InChI=1S/C23H27FN2O3S/c24-20-10-8-17(9-11-20)16-30(28,29)26-14-12-19(13-15-26)23(27)25-22-7-3-5-18-4-1-2-6-21(18)22/h1-2,4,6,8-11,19,22H,3,5,7,12-16H2,(H,25,27)/t22-/m1/s1. The first-order valence-corrected chi connectivity index (χ1v) is 12.1. The lowest BCUT2D eigenvalue weighted by atomic mass is 9.87. The first-order chi connectivity index (χ1) is 14.4. The van der Waals surface area contributed by atoms with E-state index in [0.29, 0.717) is 31.5 Å². The first kappa shape index (κ1) is 21.0. The number of rotatable bonds is 5. The third-order valence-electron chi connectivity index (χ3n) is 6.17. The minimum absolute atomic E-state index is 0.0206. The van der Waals surface area contributed by atoms with Crippen LogP contribution >= 0.6 is 0 Å². The number of carbonyl (C=O) groups is 1. The Morgan fingerprint density at radius 1 is 1.03 bits per heavy atom. The van der Waals surface area contributed by atoms with E-state index < -0.39 is 10.0 Å². The van der Waals surface area contributed by atoms with Crippen LogP contribution in [-0.2, 0) is 27.0 Å². The molecule has 1 fully saturated rings. The lowest BCUT2D eigenvalue weighted by molar-refractivity contribution is -0.127. The molecule has 0 saturated carbocycles. The first-order valence-electron chi connectivity index (χ1n) is 10.5. The van der Waals surface area contributed by atoms with Crippen molar-refractivity contribution in [1.82, 2.24) is 9.62 Å². The minimum atomic E-state index is -3.49. The molecule has 2 aromatic rings. The van der Waals surface area contributed by atoms with Gasteiger partial charge in [0.05, 0.1) is 11.8 Å². The fourth-order valence-corrected chi connectivity index (χ4v) is 6.04. The number of hydrogen-bond donors (Lipinski definition) is 1. The fraction of sp³-hybridized carbons (Fsp3) is 0.435. The van der Waals surface area contributed by atoms with Gasteiger partial charge in [-0.15, -0.1) is 0 Å². The molecule has 4 rings (SSSR count). The lowest BCUT2D eigenvalue weighted by Gasteiger charge is -2.32. The van der Waals surface area contributed by atoms with E-state index in [1.165, 1.54) is 39.7 Å². The van der Waals surface area contributed by atoms with Crippen LogP contribution in [0.2, 0.25) is 0 Å². The fourth-order valence-electron chi connectivity index (χ4n) is 4.47. The number of amides is 1. The predicted molar refractivity (Wildman–Crippen MR) is 114 cm³/mol. The van der Waals surface area contributed by atoms with Crippen molar-refractivity contribution in [2.45, 2.75) is 43.9 Å². The van der Waals surface area contributed by atoms with Gasteiger partial charge in [-0.2, -0.15) is 0 Å². The van der Waals surface area contributed by atoms with Crippen LogP contribution in [0, 0.1) is 11.7 Å². The highest BCUT2D eigenvalue weighted by molar-refractivity contribution is 7.88. The molecule has 1 amide bonds. The Balaban J connectivity index is 1.33. The van der Waals surface area contributed by atoms with Gasteiger partial charge in [0.2, 0.25) is 15.9 Å². The molecule has 1 aliphatic carbocycles. The number of piperidine rings is 1. The number of nitrogens with one attached hydrogen (secondary N) is 1. The number of sulfonamides is 1. The van der Waals surface area contributed by atoms with Crippen LogP contribution < -0.4 is 5.32 Å². The average molecular weight is 431 g/mol. The largest absolute Gasteiger partial charge is 0.349 e. The van der Waals surface area contributed by atoms with Crippen LogP contribution in [0.15, 0.2) is 48.5 Å². The maximum atomic E-state index is 13.0. The number of carbonyl (C=O) groups excluding carboxylic acids is 1. The van der Waals surface area contributed by atoms with E-state index >= 15 is 0 Å². The molecule has 0 bridgehead atoms. The Hall–Kier alpha value is -2.25. The van der Waals surface area contributed by atoms with Crippen LogP contribution in [0.25, 0.3) is 0 Å². The van der Waals surface area contributed by atoms with Crippen molar-refractivity contribution in [2.24, 2.45) is 5.92 Å². The highest BCUT2D eigenvalue weighted by Gasteiger charge is 2.32. The van der Waals surface area contributed by atoms with Crippen molar-refractivity contribution in [2.75, 3.05) is 13.1 Å². The van der Waals surface area contributed by atoms with Crippen LogP contribution in [-0.4, -0.2) is 31.7 Å². The average Bonchev–Trinajstić information content (AvgIpc) is 2.75. The number of hydrogen-bond acceptors (Lipinski definition) is 3. The van der Waals surface area contributed by atoms with E-state index in [9.17, 15) is 17.6 Å². The number of fused-ring (bicyclic) bond motifs is 1. The van der Waals surface area contributed by atoms with Crippen molar-refractivity contribution in [1.29, 1.82) is 0 Å². The number of halogens is 1. The second-order valence-corrected chi connectivity index (χ2v) is 10.2. The number of nitrogens with zero attached hydrogens (tertiary/aromatic N) is 1. The van der Waals surface area contributed by atoms with Crippen LogP contribution in [0.3, 0.4) is 0 Å². The quantitative estimate of drug-likeness (QED) is 0.789. The maximum absolute atomic E-state index is 13.0. The Morgan fingerprint density at radius 3 is 2.47 bits per heavy atom. The SMILES string of the molecule is O=C(N[C@@H]1CCCc2ccccc21)C1CCN(S(=O)(=O)Cc2ccc(F)cc2)CC1. The molecule has 160 valence electrons. The van der Waals surface area contributed by atoms with Gasteiger partial charge in [0.25, 0.3) is 0 Å². The zero-order valence-electron chi connectivity index (χ0n) is 16.9. The van der Waals surface area contributed by atoms with Crippen molar-refractivity contribution in [3.63, 3.8) is 0 Å². The minimum Gasteiger partial charge on any atom is -0.349 e. The lowest BCUT2D eigenvalue weighted by Crippen LogP contribution is -2.44. The summed E-state index contributed by atoms with van der Waals surface area (Å²) in [5.74, 6) is -0.685. The topological polar surface area (TPSA) is 66.5 Å². The summed E-state index contributed by atoms with van der Waals surface area (Å²) in [6.07, 6.45) is 4.08. The van der Waals surface area contributed by atoms with Gasteiger partial charge in [0.15, 0.2) is 0 Å². The molecule has 30 heavy (non-hydrogen) atoms. The van der Waals surface area contributed by atoms with Gasteiger partial charge in [-0.05, 0) is 60.9 Å². The zero-order valence-corrected chi connectivity index (χ0v) is 17.7. The number of benzene rings is 2. The summed E-state index contributed by atoms with van der Waals surface area (Å²) < 4.78 is 39.9. The Kier molecular flexibility index (Phi) is 6.20. The molecule has 0 aromatic heterocycles. The maximum Gasteiger partial charge on any atom is 0.223 e. The van der Waals surface area contributed by atoms with Gasteiger partial charge in [0.1, 0.15) is 5.82 Å². The van der Waals surface area contributed by atoms with Crippen molar-refractivity contribution in [3.8, 4) is 0 Å². The van der Waals surface area contributed by atoms with E-state index in [0.717, 1.165) is 19.3 Å². The molecule has 1 atom stereocenters. The van der Waals surface area contributed by atoms with Crippen LogP contribution in [0.1, 0.15) is 48.4 Å². The molecule has 1 saturated heterocycles. The van der Waals surface area contributed by atoms with Crippen molar-refractivity contribution >= 4 is 15.9 Å². The highest BCUT2D eigenvalue weighted by atomic mass is 32.2. The molecule has 0 radical (unpaired) electrons. The molecule has 1 aliphatic heterocycles. The van der Waals surface area contributed by atoms with E-state index in [2.05, 4.69) is 17.4 Å². The Labute approximate surface area is 177 Å². The van der Waals surface area contributed by atoms with Gasteiger partial charge in [-0.25, -0.2) is 17.1 Å². The van der Waals surface area contributed by atoms with Gasteiger partial charge in [0, 0.05) is 19.0 Å². The van der Waals surface area contributed by atoms with Gasteiger partial charge in [-0.1, -0.05) is 36.4 Å². The Morgan fingerprint density at radius 2 is 1.73 bits per heavy atom. The van der Waals surface area contributed by atoms with Gasteiger partial charge >= 0.3 is 0 Å². The van der Waals surface area contributed by atoms with Crippen LogP contribution in [0.4, 0.5) is 4.39 Å². The molecule has 7 heteroatoms. The zero-order chi connectivity index (χ0) is 21.1. The number of aryl methyl sites for hydroxylation is 1. The molecule has 2 aliphatic rings. The summed E-state index contributed by atoms with van der Waals surface area (Å²) in [5.41, 5.74) is 3.07. The van der Waals surface area contributed by atoms with Crippen molar-refractivity contribution < 1.29 is 17.6 Å². The monoisotopic (exact) mass is 430 g/mol. The molecule has 0 unspecified atom stereocenters. The molecule has 2 aromatic carbocycles. The second-order valence-electron chi connectivity index (χ2n) is 8.21. The molecule has 0 spiro atoms. The summed E-state index contributed by atoms with van der Waals surface area (Å²) in [4.78, 5) is 12.8. The van der Waals surface area contributed by atoms with E-state index in [-0.39, 0.29) is 29.4 Å². The summed E-state index contributed by atoms with van der Waals surface area (Å²) in [7, 11) is -3.49.